The monoisotopic (exact) mass is 575 g/mol. The summed E-state index contributed by atoms with van der Waals surface area (Å²) in [6.07, 6.45) is 3.59. The normalized spacial score (nSPS) is 18.4. The fourth-order valence-electron chi connectivity index (χ4n) is 4.73. The molecule has 34 heavy (non-hydrogen) atoms. The molecule has 182 valence electrons. The Labute approximate surface area is 218 Å². The van der Waals surface area contributed by atoms with Crippen LogP contribution in [0.15, 0.2) is 59.6 Å². The lowest BCUT2D eigenvalue weighted by atomic mass is 9.90. The third-order valence-corrected chi connectivity index (χ3v) is 6.59. The Morgan fingerprint density at radius 2 is 1.76 bits per heavy atom. The molecule has 0 aliphatic carbocycles. The number of aliphatic imine (C=N–C) groups is 1. The molecule has 0 saturated carbocycles. The predicted molar refractivity (Wildman–Crippen MR) is 147 cm³/mol. The molecule has 1 fully saturated rings. The molecule has 0 aromatic heterocycles. The van der Waals surface area contributed by atoms with Crippen molar-refractivity contribution in [1.82, 2.24) is 15.5 Å². The van der Waals surface area contributed by atoms with E-state index in [0.717, 1.165) is 43.6 Å². The molecule has 2 aromatic rings. The first-order chi connectivity index (χ1) is 16.1. The van der Waals surface area contributed by atoms with E-state index >= 15 is 0 Å². The maximum absolute atomic E-state index is 12.7. The standard InChI is InChI=1S/C26H33N5O2.HI/c1-27-26(28-17-21-16-24(32)30-23-10-6-5-9-22(21)23)29-18-25(33)31-13-11-20(12-14-31)15-19-7-3-2-4-8-19;/h2-10,20-21H,11-18H2,1H3,(H,30,32)(H2,27,28,29);1H. The highest BCUT2D eigenvalue weighted by Crippen LogP contribution is 2.31. The van der Waals surface area contributed by atoms with Crippen molar-refractivity contribution in [3.63, 3.8) is 0 Å². The largest absolute Gasteiger partial charge is 0.356 e. The number of anilines is 1. The lowest BCUT2D eigenvalue weighted by Crippen LogP contribution is -2.47. The van der Waals surface area contributed by atoms with Crippen LogP contribution in [0.3, 0.4) is 0 Å². The average Bonchev–Trinajstić information content (AvgIpc) is 2.85. The Morgan fingerprint density at radius 3 is 2.50 bits per heavy atom. The van der Waals surface area contributed by atoms with Crippen molar-refractivity contribution in [2.45, 2.75) is 31.6 Å². The van der Waals surface area contributed by atoms with Gasteiger partial charge in [-0.2, -0.15) is 0 Å². The summed E-state index contributed by atoms with van der Waals surface area (Å²) in [7, 11) is 1.69. The molecule has 2 aliphatic rings. The van der Waals surface area contributed by atoms with E-state index in [0.29, 0.717) is 24.8 Å². The molecular weight excluding hydrogens is 541 g/mol. The van der Waals surface area contributed by atoms with Gasteiger partial charge in [0.15, 0.2) is 5.96 Å². The lowest BCUT2D eigenvalue weighted by Gasteiger charge is -2.32. The van der Waals surface area contributed by atoms with Gasteiger partial charge >= 0.3 is 0 Å². The lowest BCUT2D eigenvalue weighted by molar-refractivity contribution is -0.131. The van der Waals surface area contributed by atoms with Gasteiger partial charge < -0.3 is 20.9 Å². The second kappa shape index (κ2) is 12.7. The summed E-state index contributed by atoms with van der Waals surface area (Å²) in [5, 5.41) is 9.34. The summed E-state index contributed by atoms with van der Waals surface area (Å²) < 4.78 is 0. The smallest absolute Gasteiger partial charge is 0.241 e. The summed E-state index contributed by atoms with van der Waals surface area (Å²) in [6.45, 7) is 2.39. The first-order valence-electron chi connectivity index (χ1n) is 11.8. The van der Waals surface area contributed by atoms with Crippen LogP contribution >= 0.6 is 24.0 Å². The molecule has 2 aliphatic heterocycles. The van der Waals surface area contributed by atoms with Crippen molar-refractivity contribution >= 4 is 47.4 Å². The molecule has 0 bridgehead atoms. The van der Waals surface area contributed by atoms with Crippen molar-refractivity contribution < 1.29 is 9.59 Å². The Hall–Kier alpha value is -2.62. The van der Waals surface area contributed by atoms with Gasteiger partial charge in [-0.05, 0) is 42.4 Å². The molecule has 1 unspecified atom stereocenters. The van der Waals surface area contributed by atoms with E-state index < -0.39 is 0 Å². The highest BCUT2D eigenvalue weighted by Gasteiger charge is 2.25. The van der Waals surface area contributed by atoms with Crippen molar-refractivity contribution in [1.29, 1.82) is 0 Å². The van der Waals surface area contributed by atoms with Gasteiger partial charge in [-0.15, -0.1) is 24.0 Å². The number of nitrogens with zero attached hydrogens (tertiary/aromatic N) is 2. The van der Waals surface area contributed by atoms with E-state index in [1.807, 2.05) is 35.2 Å². The van der Waals surface area contributed by atoms with E-state index in [2.05, 4.69) is 45.2 Å². The first-order valence-corrected chi connectivity index (χ1v) is 11.8. The Balaban J connectivity index is 0.00000324. The number of fused-ring (bicyclic) bond motifs is 1. The first kappa shape index (κ1) is 26.0. The second-order valence-electron chi connectivity index (χ2n) is 8.86. The fourth-order valence-corrected chi connectivity index (χ4v) is 4.73. The number of benzene rings is 2. The summed E-state index contributed by atoms with van der Waals surface area (Å²) >= 11 is 0. The molecule has 1 atom stereocenters. The van der Waals surface area contributed by atoms with E-state index in [-0.39, 0.29) is 48.3 Å². The summed E-state index contributed by atoms with van der Waals surface area (Å²) in [4.78, 5) is 30.9. The van der Waals surface area contributed by atoms with Crippen LogP contribution in [0.1, 0.15) is 36.3 Å². The number of likely N-dealkylation sites (tertiary alicyclic amines) is 1. The van der Waals surface area contributed by atoms with Crippen molar-refractivity contribution in [3.8, 4) is 0 Å². The van der Waals surface area contributed by atoms with E-state index in [1.165, 1.54) is 5.56 Å². The van der Waals surface area contributed by atoms with Crippen LogP contribution in [0, 0.1) is 5.92 Å². The minimum absolute atomic E-state index is 0. The third kappa shape index (κ3) is 6.94. The zero-order valence-corrected chi connectivity index (χ0v) is 22.0. The number of para-hydroxylation sites is 1. The molecule has 4 rings (SSSR count). The maximum Gasteiger partial charge on any atom is 0.241 e. The number of hydrogen-bond acceptors (Lipinski definition) is 3. The van der Waals surface area contributed by atoms with Gasteiger partial charge in [0.1, 0.15) is 0 Å². The van der Waals surface area contributed by atoms with E-state index in [1.54, 1.807) is 7.05 Å². The summed E-state index contributed by atoms with van der Waals surface area (Å²) in [5.41, 5.74) is 3.36. The molecule has 0 radical (unpaired) electrons. The average molecular weight is 575 g/mol. The van der Waals surface area contributed by atoms with Gasteiger partial charge in [-0.25, -0.2) is 0 Å². The quantitative estimate of drug-likeness (QED) is 0.280. The van der Waals surface area contributed by atoms with Crippen LogP contribution in [-0.4, -0.2) is 55.9 Å². The van der Waals surface area contributed by atoms with Gasteiger partial charge in [-0.1, -0.05) is 48.5 Å². The number of rotatable bonds is 6. The van der Waals surface area contributed by atoms with Crippen molar-refractivity contribution in [3.05, 3.63) is 65.7 Å². The fraction of sp³-hybridized carbons (Fsp3) is 0.423. The van der Waals surface area contributed by atoms with Crippen LogP contribution in [0.2, 0.25) is 0 Å². The zero-order valence-electron chi connectivity index (χ0n) is 19.6. The van der Waals surface area contributed by atoms with Crippen LogP contribution in [-0.2, 0) is 16.0 Å². The van der Waals surface area contributed by atoms with Crippen LogP contribution in [0.4, 0.5) is 5.69 Å². The molecule has 2 heterocycles. The number of guanidine groups is 1. The molecule has 2 amide bonds. The number of hydrogen-bond donors (Lipinski definition) is 3. The van der Waals surface area contributed by atoms with Gasteiger partial charge in [0.05, 0.1) is 6.54 Å². The third-order valence-electron chi connectivity index (χ3n) is 6.59. The predicted octanol–water partition coefficient (Wildman–Crippen LogP) is 3.38. The van der Waals surface area contributed by atoms with Crippen LogP contribution in [0.5, 0.6) is 0 Å². The molecule has 3 N–H and O–H groups in total. The topological polar surface area (TPSA) is 85.8 Å². The number of carbonyl (C=O) groups excluding carboxylic acids is 2. The van der Waals surface area contributed by atoms with Gasteiger partial charge in [-0.3, -0.25) is 14.6 Å². The minimum atomic E-state index is 0. The van der Waals surface area contributed by atoms with Crippen LogP contribution < -0.4 is 16.0 Å². The second-order valence-corrected chi connectivity index (χ2v) is 8.86. The van der Waals surface area contributed by atoms with E-state index in [4.69, 9.17) is 0 Å². The number of amides is 2. The number of carbonyl (C=O) groups is 2. The maximum atomic E-state index is 12.7. The molecule has 8 heteroatoms. The summed E-state index contributed by atoms with van der Waals surface area (Å²) in [6, 6.07) is 18.5. The minimum Gasteiger partial charge on any atom is -0.356 e. The highest BCUT2D eigenvalue weighted by atomic mass is 127. The number of nitrogens with one attached hydrogen (secondary N) is 3. The Morgan fingerprint density at radius 1 is 1.06 bits per heavy atom. The Kier molecular flexibility index (Phi) is 9.74. The molecule has 1 saturated heterocycles. The molecular formula is C26H34IN5O2. The Bertz CT molecular complexity index is 990. The zero-order chi connectivity index (χ0) is 23.0. The molecule has 0 spiro atoms. The van der Waals surface area contributed by atoms with Crippen molar-refractivity contribution in [2.24, 2.45) is 10.9 Å². The SMILES string of the molecule is CN=C(NCC(=O)N1CCC(Cc2ccccc2)CC1)NCC1CC(=O)Nc2ccccc21.I. The molecule has 2 aromatic carbocycles. The van der Waals surface area contributed by atoms with Gasteiger partial charge in [0.2, 0.25) is 11.8 Å². The van der Waals surface area contributed by atoms with Crippen LogP contribution in [0.25, 0.3) is 0 Å². The van der Waals surface area contributed by atoms with Crippen molar-refractivity contribution in [2.75, 3.05) is 38.5 Å². The van der Waals surface area contributed by atoms with Gasteiger partial charge in [0.25, 0.3) is 0 Å². The van der Waals surface area contributed by atoms with Gasteiger partial charge in [0, 0.05) is 44.7 Å². The molecule has 7 nitrogen and oxygen atoms in total. The highest BCUT2D eigenvalue weighted by molar-refractivity contribution is 14.0. The number of piperidine rings is 1. The number of halogens is 1. The summed E-state index contributed by atoms with van der Waals surface area (Å²) in [5.74, 6) is 1.39. The van der Waals surface area contributed by atoms with E-state index in [9.17, 15) is 9.59 Å².